The fourth-order valence-corrected chi connectivity index (χ4v) is 3.73. The van der Waals surface area contributed by atoms with Crippen LogP contribution in [0, 0.1) is 6.92 Å². The zero-order valence-corrected chi connectivity index (χ0v) is 18.9. The molecule has 3 nitrogen and oxygen atoms in total. The lowest BCUT2D eigenvalue weighted by atomic mass is 9.86. The highest BCUT2D eigenvalue weighted by atomic mass is 35.5. The van der Waals surface area contributed by atoms with Crippen LogP contribution < -0.4 is 10.2 Å². The van der Waals surface area contributed by atoms with E-state index in [0.717, 1.165) is 16.7 Å². The Hall–Kier alpha value is -3.04. The highest BCUT2D eigenvalue weighted by Crippen LogP contribution is 2.33. The van der Waals surface area contributed by atoms with E-state index in [1.54, 1.807) is 6.07 Å². The van der Waals surface area contributed by atoms with Crippen molar-refractivity contribution in [2.24, 2.45) is 0 Å². The second-order valence-electron chi connectivity index (χ2n) is 8.83. The minimum atomic E-state index is -0.179. The lowest BCUT2D eigenvalue weighted by molar-refractivity contribution is 0.298. The molecule has 1 aromatic heterocycles. The quantitative estimate of drug-likeness (QED) is 0.339. The van der Waals surface area contributed by atoms with E-state index in [9.17, 15) is 4.79 Å². The van der Waals surface area contributed by atoms with Crippen molar-refractivity contribution in [3.63, 3.8) is 0 Å². The molecule has 4 aromatic rings. The van der Waals surface area contributed by atoms with Crippen LogP contribution in [-0.4, -0.2) is 0 Å². The van der Waals surface area contributed by atoms with Gasteiger partial charge in [0.25, 0.3) is 0 Å². The van der Waals surface area contributed by atoms with Gasteiger partial charge in [-0.05, 0) is 47.7 Å². The number of fused-ring (bicyclic) bond motifs is 1. The van der Waals surface area contributed by atoms with E-state index in [1.165, 1.54) is 5.56 Å². The topological polar surface area (TPSA) is 39.4 Å². The second kappa shape index (κ2) is 8.24. The molecule has 158 valence electrons. The van der Waals surface area contributed by atoms with Gasteiger partial charge < -0.3 is 9.15 Å². The maximum atomic E-state index is 13.4. The first-order valence-corrected chi connectivity index (χ1v) is 10.7. The van der Waals surface area contributed by atoms with Crippen LogP contribution in [0.2, 0.25) is 5.02 Å². The lowest BCUT2D eigenvalue weighted by Gasteiger charge is -2.19. The predicted molar refractivity (Wildman–Crippen MR) is 127 cm³/mol. The third-order valence-electron chi connectivity index (χ3n) is 5.29. The lowest BCUT2D eigenvalue weighted by Crippen LogP contribution is -2.11. The first kappa shape index (κ1) is 21.2. The fourth-order valence-electron chi connectivity index (χ4n) is 3.52. The molecule has 0 aliphatic carbocycles. The summed E-state index contributed by atoms with van der Waals surface area (Å²) in [5, 5.41) is 1.14. The SMILES string of the molecule is Cc1ccc2oc(-c3ccc(C(C)(C)C)cc3)c(OCc3cccc(Cl)c3)c(=O)c2c1. The summed E-state index contributed by atoms with van der Waals surface area (Å²) in [5.41, 5.74) is 4.27. The van der Waals surface area contributed by atoms with E-state index < -0.39 is 0 Å². The number of ether oxygens (including phenoxy) is 1. The van der Waals surface area contributed by atoms with Crippen molar-refractivity contribution in [3.8, 4) is 17.1 Å². The summed E-state index contributed by atoms with van der Waals surface area (Å²) in [4.78, 5) is 13.4. The number of halogens is 1. The molecule has 0 atom stereocenters. The first-order chi connectivity index (χ1) is 14.7. The van der Waals surface area contributed by atoms with Crippen LogP contribution in [0.25, 0.3) is 22.3 Å². The molecule has 4 rings (SSSR count). The van der Waals surface area contributed by atoms with Crippen molar-refractivity contribution in [2.75, 3.05) is 0 Å². The Morgan fingerprint density at radius 3 is 2.39 bits per heavy atom. The van der Waals surface area contributed by atoms with Crippen molar-refractivity contribution in [1.82, 2.24) is 0 Å². The van der Waals surface area contributed by atoms with Gasteiger partial charge in [0.2, 0.25) is 11.2 Å². The van der Waals surface area contributed by atoms with Crippen LogP contribution in [0.5, 0.6) is 5.75 Å². The van der Waals surface area contributed by atoms with Crippen molar-refractivity contribution in [3.05, 3.63) is 98.7 Å². The normalized spacial score (nSPS) is 11.6. The molecule has 31 heavy (non-hydrogen) atoms. The van der Waals surface area contributed by atoms with E-state index >= 15 is 0 Å². The molecule has 0 amide bonds. The van der Waals surface area contributed by atoms with E-state index in [0.29, 0.717) is 21.8 Å². The van der Waals surface area contributed by atoms with Crippen LogP contribution in [0.15, 0.2) is 75.9 Å². The van der Waals surface area contributed by atoms with Crippen molar-refractivity contribution in [1.29, 1.82) is 0 Å². The summed E-state index contributed by atoms with van der Waals surface area (Å²) in [6.45, 7) is 8.67. The van der Waals surface area contributed by atoms with Gasteiger partial charge in [0.05, 0.1) is 5.39 Å². The van der Waals surface area contributed by atoms with Gasteiger partial charge in [-0.15, -0.1) is 0 Å². The molecule has 4 heteroatoms. The molecular formula is C27H25ClO3. The highest BCUT2D eigenvalue weighted by molar-refractivity contribution is 6.30. The number of aryl methyl sites for hydroxylation is 1. The average Bonchev–Trinajstić information content (AvgIpc) is 2.73. The summed E-state index contributed by atoms with van der Waals surface area (Å²) in [6.07, 6.45) is 0. The monoisotopic (exact) mass is 432 g/mol. The van der Waals surface area contributed by atoms with Crippen LogP contribution in [-0.2, 0) is 12.0 Å². The second-order valence-corrected chi connectivity index (χ2v) is 9.27. The molecule has 0 bridgehead atoms. The Labute approximate surface area is 187 Å². The average molecular weight is 433 g/mol. The predicted octanol–water partition coefficient (Wildman–Crippen LogP) is 7.30. The van der Waals surface area contributed by atoms with Gasteiger partial charge in [-0.3, -0.25) is 4.79 Å². The summed E-state index contributed by atoms with van der Waals surface area (Å²) in [6, 6.07) is 21.1. The van der Waals surface area contributed by atoms with Gasteiger partial charge in [-0.2, -0.15) is 0 Å². The zero-order valence-electron chi connectivity index (χ0n) is 18.2. The Kier molecular flexibility index (Phi) is 5.63. The summed E-state index contributed by atoms with van der Waals surface area (Å²) < 4.78 is 12.2. The summed E-state index contributed by atoms with van der Waals surface area (Å²) in [7, 11) is 0. The molecule has 3 aromatic carbocycles. The molecule has 0 N–H and O–H groups in total. The van der Waals surface area contributed by atoms with Gasteiger partial charge in [-0.25, -0.2) is 0 Å². The minimum Gasteiger partial charge on any atom is -0.481 e. The van der Waals surface area contributed by atoms with Gasteiger partial charge >= 0.3 is 0 Å². The third-order valence-corrected chi connectivity index (χ3v) is 5.52. The van der Waals surface area contributed by atoms with E-state index in [-0.39, 0.29) is 23.2 Å². The zero-order chi connectivity index (χ0) is 22.2. The number of rotatable bonds is 4. The molecule has 0 spiro atoms. The standard InChI is InChI=1S/C27H25ClO3/c1-17-8-13-23-22(14-17)24(29)26(30-16-18-6-5-7-21(28)15-18)25(31-23)19-9-11-20(12-10-19)27(2,3)4/h5-15H,16H2,1-4H3. The highest BCUT2D eigenvalue weighted by Gasteiger charge is 2.19. The Balaban J connectivity index is 1.83. The summed E-state index contributed by atoms with van der Waals surface area (Å²) >= 11 is 6.10. The third kappa shape index (κ3) is 4.52. The summed E-state index contributed by atoms with van der Waals surface area (Å²) in [5.74, 6) is 0.644. The largest absolute Gasteiger partial charge is 0.481 e. The Bertz CT molecular complexity index is 1300. The maximum Gasteiger partial charge on any atom is 0.235 e. The van der Waals surface area contributed by atoms with Gasteiger partial charge in [0.15, 0.2) is 5.76 Å². The van der Waals surface area contributed by atoms with Crippen molar-refractivity contribution >= 4 is 22.6 Å². The molecule has 0 unspecified atom stereocenters. The number of benzene rings is 3. The van der Waals surface area contributed by atoms with E-state index in [2.05, 4.69) is 32.9 Å². The molecular weight excluding hydrogens is 408 g/mol. The van der Waals surface area contributed by atoms with Crippen LogP contribution in [0.4, 0.5) is 0 Å². The van der Waals surface area contributed by atoms with E-state index in [1.807, 2.05) is 55.5 Å². The van der Waals surface area contributed by atoms with Gasteiger partial charge in [-0.1, -0.05) is 80.4 Å². The first-order valence-electron chi connectivity index (χ1n) is 10.3. The fraction of sp³-hybridized carbons (Fsp3) is 0.222. The molecule has 1 heterocycles. The van der Waals surface area contributed by atoms with E-state index in [4.69, 9.17) is 20.8 Å². The molecule has 0 saturated heterocycles. The van der Waals surface area contributed by atoms with Crippen molar-refractivity contribution in [2.45, 2.75) is 39.7 Å². The maximum absolute atomic E-state index is 13.4. The van der Waals surface area contributed by atoms with Crippen LogP contribution >= 0.6 is 11.6 Å². The van der Waals surface area contributed by atoms with Crippen LogP contribution in [0.3, 0.4) is 0 Å². The Morgan fingerprint density at radius 1 is 0.968 bits per heavy atom. The number of hydrogen-bond acceptors (Lipinski definition) is 3. The molecule has 0 radical (unpaired) electrons. The van der Waals surface area contributed by atoms with Crippen molar-refractivity contribution < 1.29 is 9.15 Å². The van der Waals surface area contributed by atoms with Crippen LogP contribution in [0.1, 0.15) is 37.5 Å². The molecule has 0 aliphatic heterocycles. The molecule has 0 saturated carbocycles. The van der Waals surface area contributed by atoms with Gasteiger partial charge in [0.1, 0.15) is 12.2 Å². The number of hydrogen-bond donors (Lipinski definition) is 0. The Morgan fingerprint density at radius 2 is 1.71 bits per heavy atom. The minimum absolute atomic E-state index is 0.0339. The van der Waals surface area contributed by atoms with Gasteiger partial charge in [0, 0.05) is 10.6 Å². The molecule has 0 aliphatic rings. The smallest absolute Gasteiger partial charge is 0.235 e. The molecule has 0 fully saturated rings.